The normalized spacial score (nSPS) is 15.2. The molecule has 2 amide bonds. The maximum atomic E-state index is 13.0. The summed E-state index contributed by atoms with van der Waals surface area (Å²) in [5.74, 6) is 1.41. The van der Waals surface area contributed by atoms with Gasteiger partial charge in [0.15, 0.2) is 5.82 Å². The summed E-state index contributed by atoms with van der Waals surface area (Å²) in [5.41, 5.74) is 1.23. The minimum absolute atomic E-state index is 0.0207. The van der Waals surface area contributed by atoms with Crippen LogP contribution in [0.2, 0.25) is 0 Å². The van der Waals surface area contributed by atoms with E-state index in [0.29, 0.717) is 47.5 Å². The van der Waals surface area contributed by atoms with Crippen LogP contribution < -0.4 is 25.2 Å². The third kappa shape index (κ3) is 5.82. The summed E-state index contributed by atoms with van der Waals surface area (Å²) in [6.45, 7) is 9.90. The van der Waals surface area contributed by atoms with Gasteiger partial charge in [0, 0.05) is 38.3 Å². The number of amides is 2. The lowest BCUT2D eigenvalue weighted by atomic mass is 9.91. The Hall–Kier alpha value is -3.40. The maximum Gasteiger partial charge on any atom is 0.251 e. The van der Waals surface area contributed by atoms with Gasteiger partial charge in [0.2, 0.25) is 11.9 Å². The molecule has 3 rings (SSSR count). The van der Waals surface area contributed by atoms with Gasteiger partial charge in [-0.05, 0) is 60.0 Å². The molecule has 1 aliphatic rings. The van der Waals surface area contributed by atoms with Gasteiger partial charge in [0.1, 0.15) is 11.4 Å². The molecule has 35 heavy (non-hydrogen) atoms. The summed E-state index contributed by atoms with van der Waals surface area (Å²) < 4.78 is 5.53. The Balaban J connectivity index is 1.89. The van der Waals surface area contributed by atoms with Crippen LogP contribution in [0, 0.1) is 5.41 Å². The number of carbonyl (C=O) groups is 2. The zero-order chi connectivity index (χ0) is 25.9. The molecule has 0 saturated carbocycles. The minimum atomic E-state index is -0.570. The maximum absolute atomic E-state index is 13.0. The van der Waals surface area contributed by atoms with Crippen molar-refractivity contribution >= 4 is 35.0 Å². The largest absolute Gasteiger partial charge is 0.495 e. The minimum Gasteiger partial charge on any atom is -0.495 e. The number of nitrogens with one attached hydrogen (secondary N) is 2. The van der Waals surface area contributed by atoms with Gasteiger partial charge in [0.05, 0.1) is 24.4 Å². The smallest absolute Gasteiger partial charge is 0.251 e. The highest BCUT2D eigenvalue weighted by atomic mass is 16.5. The van der Waals surface area contributed by atoms with E-state index in [-0.39, 0.29) is 17.9 Å². The van der Waals surface area contributed by atoms with E-state index in [4.69, 9.17) is 9.72 Å². The lowest BCUT2D eigenvalue weighted by Crippen LogP contribution is -2.44. The van der Waals surface area contributed by atoms with Crippen molar-refractivity contribution in [3.05, 3.63) is 30.0 Å². The number of aromatic nitrogens is 2. The molecule has 1 aromatic heterocycles. The van der Waals surface area contributed by atoms with Crippen molar-refractivity contribution < 1.29 is 14.3 Å². The van der Waals surface area contributed by atoms with Crippen molar-refractivity contribution in [3.63, 3.8) is 0 Å². The number of carbonyl (C=O) groups excluding carboxylic acids is 2. The van der Waals surface area contributed by atoms with Gasteiger partial charge in [-0.25, -0.2) is 4.98 Å². The molecule has 0 saturated heterocycles. The van der Waals surface area contributed by atoms with Crippen molar-refractivity contribution in [2.75, 3.05) is 63.0 Å². The standard InChI is InChI=1S/C25H37N7O3/c1-16(2)32-15-25(3,4)23(34)31(7)19-14-27-24(29-21(19)32)28-18-10-9-17(13-20(18)35-8)22(33)26-11-12-30(5)6/h9-10,13-14,16H,11-12,15H2,1-8H3,(H,26,33)(H,27,28,29). The number of rotatable bonds is 8. The Labute approximate surface area is 207 Å². The quantitative estimate of drug-likeness (QED) is 0.591. The number of hydrogen-bond acceptors (Lipinski definition) is 8. The van der Waals surface area contributed by atoms with Gasteiger partial charge >= 0.3 is 0 Å². The lowest BCUT2D eigenvalue weighted by molar-refractivity contribution is -0.125. The van der Waals surface area contributed by atoms with Crippen molar-refractivity contribution in [1.82, 2.24) is 20.2 Å². The molecular formula is C25H37N7O3. The van der Waals surface area contributed by atoms with Gasteiger partial charge in [-0.3, -0.25) is 9.59 Å². The molecule has 2 heterocycles. The molecule has 0 atom stereocenters. The van der Waals surface area contributed by atoms with Crippen LogP contribution in [0.1, 0.15) is 38.1 Å². The van der Waals surface area contributed by atoms with Crippen LogP contribution >= 0.6 is 0 Å². The van der Waals surface area contributed by atoms with E-state index in [9.17, 15) is 9.59 Å². The summed E-state index contributed by atoms with van der Waals surface area (Å²) in [6.07, 6.45) is 1.67. The second kappa shape index (κ2) is 10.5. The molecular weight excluding hydrogens is 446 g/mol. The third-order valence-electron chi connectivity index (χ3n) is 6.01. The highest BCUT2D eigenvalue weighted by molar-refractivity contribution is 6.01. The molecule has 2 N–H and O–H groups in total. The van der Waals surface area contributed by atoms with E-state index in [0.717, 1.165) is 6.54 Å². The van der Waals surface area contributed by atoms with Gasteiger partial charge < -0.3 is 30.1 Å². The molecule has 1 aromatic carbocycles. The summed E-state index contributed by atoms with van der Waals surface area (Å²) in [4.78, 5) is 40.5. The fraction of sp³-hybridized carbons (Fsp3) is 0.520. The highest BCUT2D eigenvalue weighted by Gasteiger charge is 2.39. The molecule has 0 radical (unpaired) electrons. The van der Waals surface area contributed by atoms with E-state index in [1.807, 2.05) is 32.8 Å². The van der Waals surface area contributed by atoms with Gasteiger partial charge in [-0.15, -0.1) is 0 Å². The molecule has 0 fully saturated rings. The number of nitrogens with zero attached hydrogens (tertiary/aromatic N) is 5. The van der Waals surface area contributed by atoms with Crippen LogP contribution in [0.3, 0.4) is 0 Å². The third-order valence-corrected chi connectivity index (χ3v) is 6.01. The van der Waals surface area contributed by atoms with Crippen LogP contribution in [0.4, 0.5) is 23.1 Å². The van der Waals surface area contributed by atoms with Crippen molar-refractivity contribution in [1.29, 1.82) is 0 Å². The molecule has 10 nitrogen and oxygen atoms in total. The fourth-order valence-electron chi connectivity index (χ4n) is 3.98. The molecule has 190 valence electrons. The van der Waals surface area contributed by atoms with E-state index < -0.39 is 5.41 Å². The average Bonchev–Trinajstić information content (AvgIpc) is 2.87. The zero-order valence-electron chi connectivity index (χ0n) is 22.0. The number of likely N-dealkylation sites (N-methyl/N-ethyl adjacent to an activating group) is 1. The van der Waals surface area contributed by atoms with Gasteiger partial charge in [0.25, 0.3) is 5.91 Å². The number of hydrogen-bond donors (Lipinski definition) is 2. The predicted octanol–water partition coefficient (Wildman–Crippen LogP) is 2.74. The molecule has 0 spiro atoms. The van der Waals surface area contributed by atoms with E-state index in [1.165, 1.54) is 0 Å². The topological polar surface area (TPSA) is 103 Å². The second-order valence-electron chi connectivity index (χ2n) is 9.97. The van der Waals surface area contributed by atoms with Gasteiger partial charge in [-0.1, -0.05) is 0 Å². The summed E-state index contributed by atoms with van der Waals surface area (Å²) in [5, 5.41) is 6.11. The number of benzene rings is 1. The first-order valence-electron chi connectivity index (χ1n) is 11.7. The first-order chi connectivity index (χ1) is 16.4. The second-order valence-corrected chi connectivity index (χ2v) is 9.97. The summed E-state index contributed by atoms with van der Waals surface area (Å²) >= 11 is 0. The monoisotopic (exact) mass is 483 g/mol. The summed E-state index contributed by atoms with van der Waals surface area (Å²) in [6, 6.07) is 5.32. The number of fused-ring (bicyclic) bond motifs is 1. The van der Waals surface area contributed by atoms with Crippen LogP contribution in [0.15, 0.2) is 24.4 Å². The van der Waals surface area contributed by atoms with Crippen LogP contribution in [0.5, 0.6) is 5.75 Å². The molecule has 0 aliphatic carbocycles. The molecule has 0 unspecified atom stereocenters. The first kappa shape index (κ1) is 26.2. The SMILES string of the molecule is COc1cc(C(=O)NCCN(C)C)ccc1Nc1ncc2c(n1)N(C(C)C)CC(C)(C)C(=O)N2C. The average molecular weight is 484 g/mol. The predicted molar refractivity (Wildman–Crippen MR) is 139 cm³/mol. The van der Waals surface area contributed by atoms with Crippen LogP contribution in [-0.4, -0.2) is 80.6 Å². The fourth-order valence-corrected chi connectivity index (χ4v) is 3.98. The van der Waals surface area contributed by atoms with E-state index in [1.54, 1.807) is 43.5 Å². The Morgan fingerprint density at radius 3 is 2.63 bits per heavy atom. The van der Waals surface area contributed by atoms with E-state index >= 15 is 0 Å². The number of ether oxygens (including phenoxy) is 1. The van der Waals surface area contributed by atoms with Crippen molar-refractivity contribution in [2.45, 2.75) is 33.7 Å². The van der Waals surface area contributed by atoms with Crippen LogP contribution in [0.25, 0.3) is 0 Å². The van der Waals surface area contributed by atoms with Crippen LogP contribution in [-0.2, 0) is 4.79 Å². The van der Waals surface area contributed by atoms with Crippen molar-refractivity contribution in [2.24, 2.45) is 5.41 Å². The van der Waals surface area contributed by atoms with E-state index in [2.05, 4.69) is 34.4 Å². The Bertz CT molecular complexity index is 1080. The Kier molecular flexibility index (Phi) is 7.84. The molecule has 0 bridgehead atoms. The molecule has 2 aromatic rings. The number of methoxy groups -OCH3 is 1. The van der Waals surface area contributed by atoms with Gasteiger partial charge in [-0.2, -0.15) is 4.98 Å². The first-order valence-corrected chi connectivity index (χ1v) is 11.7. The zero-order valence-corrected chi connectivity index (χ0v) is 22.0. The highest BCUT2D eigenvalue weighted by Crippen LogP contribution is 2.38. The van der Waals surface area contributed by atoms with Crippen molar-refractivity contribution in [3.8, 4) is 5.75 Å². The summed E-state index contributed by atoms with van der Waals surface area (Å²) in [7, 11) is 7.22. The Morgan fingerprint density at radius 1 is 1.29 bits per heavy atom. The lowest BCUT2D eigenvalue weighted by Gasteiger charge is -2.32. The Morgan fingerprint density at radius 2 is 2.00 bits per heavy atom. The number of anilines is 4. The molecule has 10 heteroatoms. The molecule has 1 aliphatic heterocycles.